The zero-order valence-electron chi connectivity index (χ0n) is 13.3. The number of hydrogen-bond donors (Lipinski definition) is 1. The number of piperidine rings is 1. The molecule has 0 aromatic carbocycles. The van der Waals surface area contributed by atoms with E-state index < -0.39 is 0 Å². The fourth-order valence-electron chi connectivity index (χ4n) is 3.32. The Kier molecular flexibility index (Phi) is 3.57. The number of likely N-dealkylation sites (tertiary alicyclic amines) is 1. The van der Waals surface area contributed by atoms with Crippen molar-refractivity contribution >= 4 is 16.7 Å². The van der Waals surface area contributed by atoms with Gasteiger partial charge in [0.15, 0.2) is 0 Å². The largest absolute Gasteiger partial charge is 0.457 e. The summed E-state index contributed by atoms with van der Waals surface area (Å²) < 4.78 is 3.55. The van der Waals surface area contributed by atoms with Gasteiger partial charge in [0.1, 0.15) is 17.1 Å². The molecular formula is C16H21N6O+. The zero-order valence-corrected chi connectivity index (χ0v) is 13.3. The van der Waals surface area contributed by atoms with Crippen molar-refractivity contribution in [1.82, 2.24) is 24.5 Å². The summed E-state index contributed by atoms with van der Waals surface area (Å²) in [6.07, 6.45) is 7.37. The van der Waals surface area contributed by atoms with Gasteiger partial charge in [-0.05, 0) is 32.0 Å². The van der Waals surface area contributed by atoms with Crippen LogP contribution in [0.25, 0.3) is 16.7 Å². The van der Waals surface area contributed by atoms with Gasteiger partial charge in [0.25, 0.3) is 5.56 Å². The quantitative estimate of drug-likeness (QED) is 0.721. The fourth-order valence-corrected chi connectivity index (χ4v) is 3.32. The van der Waals surface area contributed by atoms with Crippen LogP contribution in [-0.2, 0) is 6.54 Å². The van der Waals surface area contributed by atoms with E-state index in [2.05, 4.69) is 20.0 Å². The van der Waals surface area contributed by atoms with Crippen molar-refractivity contribution in [1.29, 1.82) is 0 Å². The zero-order chi connectivity index (χ0) is 15.8. The number of fused-ring (bicyclic) bond motifs is 3. The second kappa shape index (κ2) is 5.73. The smallest absolute Gasteiger partial charge is 0.313 e. The van der Waals surface area contributed by atoms with E-state index in [0.717, 1.165) is 37.5 Å². The Labute approximate surface area is 133 Å². The Morgan fingerprint density at radius 3 is 2.91 bits per heavy atom. The molecule has 23 heavy (non-hydrogen) atoms. The van der Waals surface area contributed by atoms with E-state index >= 15 is 0 Å². The van der Waals surface area contributed by atoms with Crippen molar-refractivity contribution in [3.8, 4) is 0 Å². The minimum absolute atomic E-state index is 0.00802. The number of H-pyrrole nitrogens is 1. The number of aromatic nitrogens is 5. The minimum Gasteiger partial charge on any atom is -0.313 e. The summed E-state index contributed by atoms with van der Waals surface area (Å²) in [6.45, 7) is 5.82. The topological polar surface area (TPSA) is 70.9 Å². The molecule has 0 atom stereocenters. The Balaban J connectivity index is 1.67. The Morgan fingerprint density at radius 1 is 1.26 bits per heavy atom. The summed E-state index contributed by atoms with van der Waals surface area (Å²) in [5.74, 6) is 1.36. The lowest BCUT2D eigenvalue weighted by atomic mass is 10.1. The number of nitrogens with zero attached hydrogens (tertiary/aromatic N) is 5. The molecule has 7 heteroatoms. The number of pyridine rings is 1. The van der Waals surface area contributed by atoms with Gasteiger partial charge in [0.2, 0.25) is 5.82 Å². The number of hydrogen-bond acceptors (Lipinski definition) is 4. The Hall–Kier alpha value is -2.28. The molecule has 1 saturated heterocycles. The summed E-state index contributed by atoms with van der Waals surface area (Å²) in [7, 11) is 0. The van der Waals surface area contributed by atoms with Gasteiger partial charge >= 0.3 is 5.78 Å². The van der Waals surface area contributed by atoms with Crippen LogP contribution >= 0.6 is 0 Å². The predicted octanol–water partition coefficient (Wildman–Crippen LogP) is 0.653. The summed E-state index contributed by atoms with van der Waals surface area (Å²) in [6, 6.07) is 1.96. The van der Waals surface area contributed by atoms with Crippen molar-refractivity contribution < 1.29 is 4.52 Å². The highest BCUT2D eigenvalue weighted by Gasteiger charge is 2.16. The molecule has 0 aliphatic carbocycles. The van der Waals surface area contributed by atoms with Gasteiger partial charge in [-0.1, -0.05) is 16.4 Å². The molecule has 0 amide bonds. The average molecular weight is 313 g/mol. The molecule has 0 unspecified atom stereocenters. The van der Waals surface area contributed by atoms with E-state index in [1.54, 1.807) is 15.3 Å². The first-order valence-electron chi connectivity index (χ1n) is 8.21. The molecule has 3 aromatic heterocycles. The SMILES string of the molecule is Cc1nc2ncc3c(=O)n(CCN4CCCCC4)ccc3[n+]2[nH]1. The molecule has 1 aliphatic rings. The van der Waals surface area contributed by atoms with Gasteiger partial charge in [-0.15, -0.1) is 4.52 Å². The predicted molar refractivity (Wildman–Crippen MR) is 86.3 cm³/mol. The van der Waals surface area contributed by atoms with E-state index in [4.69, 9.17) is 0 Å². The van der Waals surface area contributed by atoms with Crippen LogP contribution in [-0.4, -0.2) is 44.2 Å². The van der Waals surface area contributed by atoms with Gasteiger partial charge in [0, 0.05) is 26.2 Å². The monoisotopic (exact) mass is 313 g/mol. The van der Waals surface area contributed by atoms with Crippen LogP contribution in [0.2, 0.25) is 0 Å². The highest BCUT2D eigenvalue weighted by molar-refractivity contribution is 5.73. The Bertz CT molecular complexity index is 906. The maximum Gasteiger partial charge on any atom is 0.457 e. The summed E-state index contributed by atoms with van der Waals surface area (Å²) >= 11 is 0. The van der Waals surface area contributed by atoms with Gasteiger partial charge in [-0.25, -0.2) is 5.10 Å². The summed E-state index contributed by atoms with van der Waals surface area (Å²) in [4.78, 5) is 23.7. The molecule has 120 valence electrons. The van der Waals surface area contributed by atoms with Crippen molar-refractivity contribution in [2.45, 2.75) is 32.7 Å². The molecule has 0 saturated carbocycles. The first-order chi connectivity index (χ1) is 11.2. The second-order valence-corrected chi connectivity index (χ2v) is 6.22. The Morgan fingerprint density at radius 2 is 2.09 bits per heavy atom. The van der Waals surface area contributed by atoms with Crippen LogP contribution in [0, 0.1) is 6.92 Å². The highest BCUT2D eigenvalue weighted by Crippen LogP contribution is 2.09. The summed E-state index contributed by atoms with van der Waals surface area (Å²) in [5.41, 5.74) is 0.823. The second-order valence-electron chi connectivity index (χ2n) is 6.22. The molecule has 4 rings (SSSR count). The average Bonchev–Trinajstić information content (AvgIpc) is 2.96. The van der Waals surface area contributed by atoms with Crippen molar-refractivity contribution in [2.75, 3.05) is 19.6 Å². The molecule has 4 heterocycles. The maximum absolute atomic E-state index is 12.7. The van der Waals surface area contributed by atoms with Gasteiger partial charge < -0.3 is 9.47 Å². The van der Waals surface area contributed by atoms with Crippen LogP contribution in [0.15, 0.2) is 23.3 Å². The van der Waals surface area contributed by atoms with Crippen molar-refractivity contribution in [2.24, 2.45) is 0 Å². The molecule has 0 radical (unpaired) electrons. The molecule has 1 aliphatic heterocycles. The molecule has 1 N–H and O–H groups in total. The fraction of sp³-hybridized carbons (Fsp3) is 0.500. The standard InChI is InChI=1S/C16H20N6O/c1-12-18-16-17-11-13-14(22(16)19-12)5-8-21(15(13)23)10-9-20-6-3-2-4-7-20/h5,8,11H,2-4,6-7,9-10H2,1H3/p+1. The third-order valence-corrected chi connectivity index (χ3v) is 4.58. The van der Waals surface area contributed by atoms with Crippen LogP contribution in [0.4, 0.5) is 0 Å². The lowest BCUT2D eigenvalue weighted by Gasteiger charge is -2.26. The van der Waals surface area contributed by atoms with E-state index in [9.17, 15) is 4.79 Å². The summed E-state index contributed by atoms with van der Waals surface area (Å²) in [5, 5.41) is 3.74. The first-order valence-corrected chi connectivity index (χ1v) is 8.21. The number of nitrogens with one attached hydrogen (secondary N) is 1. The van der Waals surface area contributed by atoms with E-state index in [0.29, 0.717) is 11.2 Å². The minimum atomic E-state index is 0.00802. The molecular weight excluding hydrogens is 292 g/mol. The number of aryl methyl sites for hydroxylation is 1. The van der Waals surface area contributed by atoms with Gasteiger partial charge in [-0.2, -0.15) is 0 Å². The molecule has 1 fully saturated rings. The lowest BCUT2D eigenvalue weighted by Crippen LogP contribution is -2.35. The molecule has 7 nitrogen and oxygen atoms in total. The van der Waals surface area contributed by atoms with Crippen LogP contribution < -0.4 is 10.1 Å². The van der Waals surface area contributed by atoms with Crippen LogP contribution in [0.1, 0.15) is 25.1 Å². The van der Waals surface area contributed by atoms with Gasteiger partial charge in [-0.3, -0.25) is 4.79 Å². The van der Waals surface area contributed by atoms with Crippen LogP contribution in [0.5, 0.6) is 0 Å². The van der Waals surface area contributed by atoms with Crippen molar-refractivity contribution in [3.63, 3.8) is 0 Å². The third-order valence-electron chi connectivity index (χ3n) is 4.58. The maximum atomic E-state index is 12.7. The van der Waals surface area contributed by atoms with E-state index in [-0.39, 0.29) is 5.56 Å². The highest BCUT2D eigenvalue weighted by atomic mass is 16.1. The van der Waals surface area contributed by atoms with Gasteiger partial charge in [0.05, 0.1) is 0 Å². The normalized spacial score (nSPS) is 16.4. The lowest BCUT2D eigenvalue weighted by molar-refractivity contribution is -0.552. The molecule has 0 spiro atoms. The number of aromatic amines is 1. The third kappa shape index (κ3) is 2.61. The van der Waals surface area contributed by atoms with Crippen LogP contribution in [0.3, 0.4) is 0 Å². The number of rotatable bonds is 3. The molecule has 3 aromatic rings. The van der Waals surface area contributed by atoms with Crippen molar-refractivity contribution in [3.05, 3.63) is 34.6 Å². The van der Waals surface area contributed by atoms with E-state index in [1.165, 1.54) is 19.3 Å². The van der Waals surface area contributed by atoms with E-state index in [1.807, 2.05) is 19.2 Å². The molecule has 0 bridgehead atoms. The first kappa shape index (κ1) is 14.3.